The molecule has 6 nitrogen and oxygen atoms in total. The molecule has 1 unspecified atom stereocenters. The molecule has 14 heavy (non-hydrogen) atoms. The Bertz CT molecular complexity index is 423. The minimum Gasteiger partial charge on any atom is -0.304 e. The molecule has 0 radical (unpaired) electrons. The SMILES string of the molecule is CCC(C)c1nnc(S(N)(=O)=O)n1C. The number of hydrogen-bond acceptors (Lipinski definition) is 4. The van der Waals surface area contributed by atoms with Crippen LogP contribution >= 0.6 is 0 Å². The molecular formula is C7H14N4O2S. The van der Waals surface area contributed by atoms with Crippen molar-refractivity contribution in [1.82, 2.24) is 14.8 Å². The van der Waals surface area contributed by atoms with Gasteiger partial charge >= 0.3 is 0 Å². The summed E-state index contributed by atoms with van der Waals surface area (Å²) in [6, 6.07) is 0. The fourth-order valence-corrected chi connectivity index (χ4v) is 1.82. The Balaban J connectivity index is 3.22. The van der Waals surface area contributed by atoms with Crippen LogP contribution < -0.4 is 5.14 Å². The van der Waals surface area contributed by atoms with Crippen molar-refractivity contribution in [3.05, 3.63) is 5.82 Å². The number of rotatable bonds is 3. The van der Waals surface area contributed by atoms with Crippen LogP contribution in [0.4, 0.5) is 0 Å². The molecule has 0 aliphatic carbocycles. The van der Waals surface area contributed by atoms with E-state index in [1.807, 2.05) is 13.8 Å². The Hall–Kier alpha value is -0.950. The van der Waals surface area contributed by atoms with Crippen LogP contribution in [0.5, 0.6) is 0 Å². The van der Waals surface area contributed by atoms with Crippen LogP contribution in [-0.2, 0) is 17.1 Å². The highest BCUT2D eigenvalue weighted by Gasteiger charge is 2.20. The summed E-state index contributed by atoms with van der Waals surface area (Å²) in [5, 5.41) is 12.1. The number of nitrogens with two attached hydrogens (primary N) is 1. The van der Waals surface area contributed by atoms with Crippen LogP contribution in [0.1, 0.15) is 32.0 Å². The van der Waals surface area contributed by atoms with Gasteiger partial charge in [0.05, 0.1) is 0 Å². The zero-order valence-electron chi connectivity index (χ0n) is 8.43. The van der Waals surface area contributed by atoms with Crippen molar-refractivity contribution in [3.63, 3.8) is 0 Å². The number of sulfonamides is 1. The van der Waals surface area contributed by atoms with Crippen molar-refractivity contribution in [1.29, 1.82) is 0 Å². The Labute approximate surface area is 83.2 Å². The maximum Gasteiger partial charge on any atom is 0.273 e. The first kappa shape index (κ1) is 11.1. The van der Waals surface area contributed by atoms with Crippen molar-refractivity contribution in [2.45, 2.75) is 31.3 Å². The van der Waals surface area contributed by atoms with Gasteiger partial charge in [0.1, 0.15) is 5.82 Å². The topological polar surface area (TPSA) is 90.9 Å². The lowest BCUT2D eigenvalue weighted by Gasteiger charge is -2.07. The second kappa shape index (κ2) is 3.66. The predicted octanol–water partition coefficient (Wildman–Crippen LogP) is -0.0240. The average molecular weight is 218 g/mol. The van der Waals surface area contributed by atoms with Crippen LogP contribution in [0.15, 0.2) is 5.16 Å². The van der Waals surface area contributed by atoms with E-state index in [4.69, 9.17) is 5.14 Å². The maximum absolute atomic E-state index is 11.0. The molecule has 1 atom stereocenters. The third kappa shape index (κ3) is 1.93. The van der Waals surface area contributed by atoms with E-state index >= 15 is 0 Å². The van der Waals surface area contributed by atoms with Crippen molar-refractivity contribution in [2.24, 2.45) is 12.2 Å². The van der Waals surface area contributed by atoms with Gasteiger partial charge in [-0.05, 0) is 6.42 Å². The van der Waals surface area contributed by atoms with E-state index in [2.05, 4.69) is 10.2 Å². The summed E-state index contributed by atoms with van der Waals surface area (Å²) in [5.74, 6) is 0.805. The van der Waals surface area contributed by atoms with E-state index in [0.717, 1.165) is 6.42 Å². The van der Waals surface area contributed by atoms with E-state index in [-0.39, 0.29) is 11.1 Å². The zero-order valence-corrected chi connectivity index (χ0v) is 9.24. The van der Waals surface area contributed by atoms with Gasteiger partial charge in [0.2, 0.25) is 0 Å². The highest BCUT2D eigenvalue weighted by Crippen LogP contribution is 2.17. The quantitative estimate of drug-likeness (QED) is 0.771. The fraction of sp³-hybridized carbons (Fsp3) is 0.714. The number of nitrogens with zero attached hydrogens (tertiary/aromatic N) is 3. The molecule has 1 aromatic rings. The molecule has 7 heteroatoms. The van der Waals surface area contributed by atoms with E-state index < -0.39 is 10.0 Å². The first-order valence-corrected chi connectivity index (χ1v) is 5.84. The van der Waals surface area contributed by atoms with Gasteiger partial charge in [-0.3, -0.25) is 0 Å². The van der Waals surface area contributed by atoms with Crippen LogP contribution in [-0.4, -0.2) is 23.2 Å². The standard InChI is InChI=1S/C7H14N4O2S/c1-4-5(2)6-9-10-7(11(6)3)14(8,12)13/h5H,4H2,1-3H3,(H2,8,12,13). The van der Waals surface area contributed by atoms with Gasteiger partial charge in [-0.2, -0.15) is 0 Å². The van der Waals surface area contributed by atoms with E-state index in [1.165, 1.54) is 4.57 Å². The van der Waals surface area contributed by atoms with Crippen molar-refractivity contribution >= 4 is 10.0 Å². The Morgan fingerprint density at radius 3 is 2.43 bits per heavy atom. The molecule has 0 aromatic carbocycles. The molecule has 0 aliphatic rings. The Kier molecular flexibility index (Phi) is 2.91. The second-order valence-corrected chi connectivity index (χ2v) is 4.71. The lowest BCUT2D eigenvalue weighted by atomic mass is 10.1. The zero-order chi connectivity index (χ0) is 10.9. The first-order chi connectivity index (χ1) is 6.38. The molecule has 0 amide bonds. The molecule has 0 saturated carbocycles. The second-order valence-electron chi connectivity index (χ2n) is 3.25. The average Bonchev–Trinajstić information content (AvgIpc) is 2.45. The number of primary sulfonamides is 1. The van der Waals surface area contributed by atoms with Gasteiger partial charge in [0, 0.05) is 13.0 Å². The van der Waals surface area contributed by atoms with Crippen LogP contribution in [0.2, 0.25) is 0 Å². The van der Waals surface area contributed by atoms with E-state index in [9.17, 15) is 8.42 Å². The monoisotopic (exact) mass is 218 g/mol. The van der Waals surface area contributed by atoms with Crippen molar-refractivity contribution in [2.75, 3.05) is 0 Å². The van der Waals surface area contributed by atoms with Crippen LogP contribution in [0.3, 0.4) is 0 Å². The number of hydrogen-bond donors (Lipinski definition) is 1. The molecule has 2 N–H and O–H groups in total. The normalized spacial score (nSPS) is 14.3. The smallest absolute Gasteiger partial charge is 0.273 e. The summed E-state index contributed by atoms with van der Waals surface area (Å²) in [7, 11) is -2.17. The summed E-state index contributed by atoms with van der Waals surface area (Å²) in [6.45, 7) is 3.95. The largest absolute Gasteiger partial charge is 0.304 e. The van der Waals surface area contributed by atoms with Gasteiger partial charge < -0.3 is 4.57 Å². The lowest BCUT2D eigenvalue weighted by Crippen LogP contribution is -2.18. The van der Waals surface area contributed by atoms with Gasteiger partial charge in [0.15, 0.2) is 0 Å². The Morgan fingerprint density at radius 2 is 2.07 bits per heavy atom. The predicted molar refractivity (Wildman–Crippen MR) is 51.1 cm³/mol. The molecule has 1 aromatic heterocycles. The van der Waals surface area contributed by atoms with Crippen molar-refractivity contribution in [3.8, 4) is 0 Å². The minimum atomic E-state index is -3.77. The number of aromatic nitrogens is 3. The lowest BCUT2D eigenvalue weighted by molar-refractivity contribution is 0.571. The molecule has 0 spiro atoms. The van der Waals surface area contributed by atoms with Gasteiger partial charge in [-0.25, -0.2) is 13.6 Å². The molecular weight excluding hydrogens is 204 g/mol. The Morgan fingerprint density at radius 1 is 1.50 bits per heavy atom. The van der Waals surface area contributed by atoms with E-state index in [0.29, 0.717) is 5.82 Å². The van der Waals surface area contributed by atoms with Gasteiger partial charge in [-0.15, -0.1) is 10.2 Å². The van der Waals surface area contributed by atoms with Gasteiger partial charge in [0.25, 0.3) is 15.2 Å². The van der Waals surface area contributed by atoms with Crippen LogP contribution in [0.25, 0.3) is 0 Å². The van der Waals surface area contributed by atoms with Crippen LogP contribution in [0, 0.1) is 0 Å². The fourth-order valence-electron chi connectivity index (χ4n) is 1.19. The summed E-state index contributed by atoms with van der Waals surface area (Å²) in [5.41, 5.74) is 0. The molecule has 0 aliphatic heterocycles. The summed E-state index contributed by atoms with van der Waals surface area (Å²) >= 11 is 0. The van der Waals surface area contributed by atoms with Gasteiger partial charge in [-0.1, -0.05) is 13.8 Å². The molecule has 1 rings (SSSR count). The summed E-state index contributed by atoms with van der Waals surface area (Å²) < 4.78 is 23.5. The molecule has 1 heterocycles. The summed E-state index contributed by atoms with van der Waals surface area (Å²) in [4.78, 5) is 0. The minimum absolute atomic E-state index is 0.169. The molecule has 80 valence electrons. The van der Waals surface area contributed by atoms with Crippen molar-refractivity contribution < 1.29 is 8.42 Å². The summed E-state index contributed by atoms with van der Waals surface area (Å²) in [6.07, 6.45) is 0.872. The highest BCUT2D eigenvalue weighted by atomic mass is 32.2. The molecule has 0 fully saturated rings. The highest BCUT2D eigenvalue weighted by molar-refractivity contribution is 7.89. The maximum atomic E-state index is 11.0. The third-order valence-corrected chi connectivity index (χ3v) is 3.04. The molecule has 0 bridgehead atoms. The first-order valence-electron chi connectivity index (χ1n) is 4.30. The third-order valence-electron chi connectivity index (χ3n) is 2.18. The van der Waals surface area contributed by atoms with E-state index in [1.54, 1.807) is 7.05 Å². The molecule has 0 saturated heterocycles.